The number of thioether (sulfide) groups is 1. The Labute approximate surface area is 167 Å². The highest BCUT2D eigenvalue weighted by Crippen LogP contribution is 2.47. The van der Waals surface area contributed by atoms with Gasteiger partial charge in [0.15, 0.2) is 0 Å². The van der Waals surface area contributed by atoms with Crippen LogP contribution >= 0.6 is 23.4 Å². The van der Waals surface area contributed by atoms with E-state index in [2.05, 4.69) is 18.1 Å². The minimum Gasteiger partial charge on any atom is -0.481 e. The van der Waals surface area contributed by atoms with Crippen molar-refractivity contribution in [3.63, 3.8) is 0 Å². The minimum absolute atomic E-state index is 0.0585. The SMILES string of the molecule is C#CCOc1ccc2ccccc2c1[C@H]1SCC(=O)N1c1ccc(Cl)cc1. The van der Waals surface area contributed by atoms with Gasteiger partial charge in [0.05, 0.1) is 5.75 Å². The molecule has 3 aromatic rings. The molecule has 27 heavy (non-hydrogen) atoms. The van der Waals surface area contributed by atoms with Crippen LogP contribution in [-0.4, -0.2) is 18.3 Å². The first-order valence-corrected chi connectivity index (χ1v) is 9.89. The maximum atomic E-state index is 12.7. The number of terminal acetylenes is 1. The van der Waals surface area contributed by atoms with Crippen molar-refractivity contribution < 1.29 is 9.53 Å². The molecule has 1 aliphatic rings. The van der Waals surface area contributed by atoms with Crippen LogP contribution < -0.4 is 9.64 Å². The lowest BCUT2D eigenvalue weighted by molar-refractivity contribution is -0.115. The van der Waals surface area contributed by atoms with Gasteiger partial charge >= 0.3 is 0 Å². The molecule has 3 aromatic carbocycles. The number of anilines is 1. The number of amides is 1. The molecule has 0 saturated carbocycles. The summed E-state index contributed by atoms with van der Waals surface area (Å²) in [5.74, 6) is 3.69. The molecule has 0 aromatic heterocycles. The summed E-state index contributed by atoms with van der Waals surface area (Å²) in [5.41, 5.74) is 1.78. The van der Waals surface area contributed by atoms with Crippen LogP contribution in [-0.2, 0) is 4.79 Å². The molecule has 134 valence electrons. The predicted molar refractivity (Wildman–Crippen MR) is 112 cm³/mol. The lowest BCUT2D eigenvalue weighted by Gasteiger charge is -2.27. The van der Waals surface area contributed by atoms with Crippen LogP contribution in [0.3, 0.4) is 0 Å². The van der Waals surface area contributed by atoms with Crippen LogP contribution in [0.15, 0.2) is 60.7 Å². The molecular formula is C22H16ClNO2S. The zero-order chi connectivity index (χ0) is 18.8. The molecule has 1 atom stereocenters. The monoisotopic (exact) mass is 393 g/mol. The van der Waals surface area contributed by atoms with Gasteiger partial charge in [-0.15, -0.1) is 18.2 Å². The summed E-state index contributed by atoms with van der Waals surface area (Å²) in [6.07, 6.45) is 5.39. The summed E-state index contributed by atoms with van der Waals surface area (Å²) < 4.78 is 5.84. The zero-order valence-corrected chi connectivity index (χ0v) is 16.0. The molecule has 0 aliphatic carbocycles. The third kappa shape index (κ3) is 3.37. The Balaban J connectivity index is 1.87. The van der Waals surface area contributed by atoms with E-state index in [1.807, 2.05) is 41.3 Å². The second kappa shape index (κ2) is 7.56. The molecule has 5 heteroatoms. The number of hydrogen-bond donors (Lipinski definition) is 0. The number of carbonyl (C=O) groups is 1. The quantitative estimate of drug-likeness (QED) is 0.564. The lowest BCUT2D eigenvalue weighted by atomic mass is 10.0. The molecule has 1 aliphatic heterocycles. The van der Waals surface area contributed by atoms with Crippen molar-refractivity contribution in [1.29, 1.82) is 0 Å². The van der Waals surface area contributed by atoms with Crippen LogP contribution in [0.2, 0.25) is 5.02 Å². The van der Waals surface area contributed by atoms with Crippen molar-refractivity contribution in [2.75, 3.05) is 17.3 Å². The van der Waals surface area contributed by atoms with Crippen molar-refractivity contribution in [3.05, 3.63) is 71.2 Å². The molecule has 1 amide bonds. The summed E-state index contributed by atoms with van der Waals surface area (Å²) in [7, 11) is 0. The first-order chi connectivity index (χ1) is 13.2. The fourth-order valence-corrected chi connectivity index (χ4v) is 4.66. The molecule has 3 nitrogen and oxygen atoms in total. The summed E-state index contributed by atoms with van der Waals surface area (Å²) >= 11 is 7.61. The molecular weight excluding hydrogens is 378 g/mol. The summed E-state index contributed by atoms with van der Waals surface area (Å²) in [4.78, 5) is 14.5. The number of ether oxygens (including phenoxy) is 1. The summed E-state index contributed by atoms with van der Waals surface area (Å²) in [5, 5.41) is 2.59. The second-order valence-corrected chi connectivity index (χ2v) is 7.60. The van der Waals surface area contributed by atoms with Gasteiger partial charge < -0.3 is 4.74 Å². The van der Waals surface area contributed by atoms with Crippen LogP contribution in [0.4, 0.5) is 5.69 Å². The highest BCUT2D eigenvalue weighted by atomic mass is 35.5. The van der Waals surface area contributed by atoms with E-state index in [1.165, 1.54) is 0 Å². The summed E-state index contributed by atoms with van der Waals surface area (Å²) in [6, 6.07) is 19.4. The average molecular weight is 394 g/mol. The average Bonchev–Trinajstić information content (AvgIpc) is 3.07. The van der Waals surface area contributed by atoms with Gasteiger partial charge in [-0.1, -0.05) is 47.9 Å². The van der Waals surface area contributed by atoms with Gasteiger partial charge in [-0.25, -0.2) is 0 Å². The number of hydrogen-bond acceptors (Lipinski definition) is 3. The van der Waals surface area contributed by atoms with Crippen molar-refractivity contribution in [2.45, 2.75) is 5.37 Å². The van der Waals surface area contributed by atoms with E-state index in [9.17, 15) is 4.79 Å². The van der Waals surface area contributed by atoms with E-state index in [4.69, 9.17) is 22.8 Å². The lowest BCUT2D eigenvalue weighted by Crippen LogP contribution is -2.28. The first kappa shape index (κ1) is 17.8. The number of rotatable bonds is 4. The van der Waals surface area contributed by atoms with Gasteiger partial charge in [0, 0.05) is 16.3 Å². The van der Waals surface area contributed by atoms with E-state index in [0.29, 0.717) is 16.5 Å². The van der Waals surface area contributed by atoms with E-state index >= 15 is 0 Å². The molecule has 0 spiro atoms. The molecule has 0 unspecified atom stereocenters. The summed E-state index contributed by atoms with van der Waals surface area (Å²) in [6.45, 7) is 0.178. The Morgan fingerprint density at radius 2 is 1.93 bits per heavy atom. The fraction of sp³-hybridized carbons (Fsp3) is 0.136. The molecule has 1 fully saturated rings. The fourth-order valence-electron chi connectivity index (χ4n) is 3.29. The highest BCUT2D eigenvalue weighted by Gasteiger charge is 2.36. The second-order valence-electron chi connectivity index (χ2n) is 6.09. The van der Waals surface area contributed by atoms with Gasteiger partial charge in [-0.05, 0) is 41.1 Å². The van der Waals surface area contributed by atoms with Gasteiger partial charge in [-0.3, -0.25) is 9.69 Å². The molecule has 4 rings (SSSR count). The smallest absolute Gasteiger partial charge is 0.238 e. The van der Waals surface area contributed by atoms with Crippen molar-refractivity contribution in [1.82, 2.24) is 0 Å². The van der Waals surface area contributed by atoms with E-state index in [-0.39, 0.29) is 17.9 Å². The topological polar surface area (TPSA) is 29.5 Å². The number of fused-ring (bicyclic) bond motifs is 1. The maximum Gasteiger partial charge on any atom is 0.238 e. The molecule has 0 N–H and O–H groups in total. The first-order valence-electron chi connectivity index (χ1n) is 8.46. The maximum absolute atomic E-state index is 12.7. The Morgan fingerprint density at radius 1 is 1.15 bits per heavy atom. The minimum atomic E-state index is -0.197. The van der Waals surface area contributed by atoms with E-state index < -0.39 is 0 Å². The van der Waals surface area contributed by atoms with Crippen molar-refractivity contribution in [2.24, 2.45) is 0 Å². The standard InChI is InChI=1S/C22H16ClNO2S/c1-2-13-26-19-12-7-15-5-3-4-6-18(15)21(19)22-24(20(25)14-27-22)17-10-8-16(23)9-11-17/h1,3-12,22H,13-14H2/t22-/m1/s1. The third-order valence-electron chi connectivity index (χ3n) is 4.46. The van der Waals surface area contributed by atoms with E-state index in [1.54, 1.807) is 23.9 Å². The molecule has 1 saturated heterocycles. The van der Waals surface area contributed by atoms with E-state index in [0.717, 1.165) is 22.0 Å². The molecule has 0 bridgehead atoms. The van der Waals surface area contributed by atoms with Gasteiger partial charge in [0.25, 0.3) is 0 Å². The normalized spacial score (nSPS) is 16.5. The third-order valence-corrected chi connectivity index (χ3v) is 5.89. The zero-order valence-electron chi connectivity index (χ0n) is 14.4. The number of benzene rings is 3. The Morgan fingerprint density at radius 3 is 2.70 bits per heavy atom. The van der Waals surface area contributed by atoms with Crippen LogP contribution in [0, 0.1) is 12.3 Å². The number of halogens is 1. The van der Waals surface area contributed by atoms with Crippen LogP contribution in [0.5, 0.6) is 5.75 Å². The van der Waals surface area contributed by atoms with Crippen molar-refractivity contribution >= 4 is 45.7 Å². The van der Waals surface area contributed by atoms with Crippen LogP contribution in [0.25, 0.3) is 10.8 Å². The Hall–Kier alpha value is -2.61. The van der Waals surface area contributed by atoms with Crippen LogP contribution in [0.1, 0.15) is 10.9 Å². The largest absolute Gasteiger partial charge is 0.481 e. The predicted octanol–water partition coefficient (Wildman–Crippen LogP) is 5.28. The van der Waals surface area contributed by atoms with Gasteiger partial charge in [-0.2, -0.15) is 0 Å². The van der Waals surface area contributed by atoms with Gasteiger partial charge in [0.1, 0.15) is 17.7 Å². The highest BCUT2D eigenvalue weighted by molar-refractivity contribution is 8.00. The number of carbonyl (C=O) groups excluding carboxylic acids is 1. The molecule has 0 radical (unpaired) electrons. The number of nitrogens with zero attached hydrogens (tertiary/aromatic N) is 1. The van der Waals surface area contributed by atoms with Gasteiger partial charge in [0.2, 0.25) is 5.91 Å². The Kier molecular flexibility index (Phi) is 4.98. The Bertz CT molecular complexity index is 1040. The van der Waals surface area contributed by atoms with Crippen molar-refractivity contribution in [3.8, 4) is 18.1 Å². The molecule has 1 heterocycles.